The molecule has 34 heavy (non-hydrogen) atoms. The van der Waals surface area contributed by atoms with Crippen LogP contribution in [0, 0.1) is 0 Å². The molecule has 0 aromatic carbocycles. The Balaban J connectivity index is 2.49. The highest BCUT2D eigenvalue weighted by atomic mass is 16.3. The smallest absolute Gasteiger partial charge is 0.243 e. The van der Waals surface area contributed by atoms with E-state index in [1.54, 1.807) is 12.1 Å². The fourth-order valence-corrected chi connectivity index (χ4v) is 3.70. The zero-order valence-electron chi connectivity index (χ0n) is 20.9. The van der Waals surface area contributed by atoms with Crippen molar-refractivity contribution in [3.8, 4) is 0 Å². The van der Waals surface area contributed by atoms with Gasteiger partial charge < -0.3 is 31.0 Å². The predicted molar refractivity (Wildman–Crippen MR) is 134 cm³/mol. The first-order valence-electron chi connectivity index (χ1n) is 12.7. The van der Waals surface area contributed by atoms with Gasteiger partial charge in [0.1, 0.15) is 5.76 Å². The van der Waals surface area contributed by atoms with Gasteiger partial charge in [0.05, 0.1) is 32.4 Å². The van der Waals surface area contributed by atoms with Crippen molar-refractivity contribution in [2.45, 2.75) is 77.7 Å². The minimum absolute atomic E-state index is 0.114. The third kappa shape index (κ3) is 14.0. The van der Waals surface area contributed by atoms with Gasteiger partial charge in [0.15, 0.2) is 0 Å². The maximum Gasteiger partial charge on any atom is 0.243 e. The number of nitrogens with one attached hydrogen (secondary N) is 1. The second kappa shape index (κ2) is 19.0. The Kier molecular flexibility index (Phi) is 16.5. The number of unbranched alkanes of at least 4 members (excludes halogenated alkanes) is 8. The second-order valence-corrected chi connectivity index (χ2v) is 8.76. The Morgan fingerprint density at radius 1 is 0.912 bits per heavy atom. The van der Waals surface area contributed by atoms with Crippen molar-refractivity contribution >= 4 is 17.7 Å². The minimum atomic E-state index is -0.618. The summed E-state index contributed by atoms with van der Waals surface area (Å²) < 4.78 is 5.29. The first-order valence-corrected chi connectivity index (χ1v) is 12.7. The number of primary amides is 1. The van der Waals surface area contributed by atoms with Crippen LogP contribution in [0.5, 0.6) is 0 Å². The summed E-state index contributed by atoms with van der Waals surface area (Å²) in [5.74, 6) is -0.558. The van der Waals surface area contributed by atoms with Crippen molar-refractivity contribution in [2.24, 2.45) is 11.5 Å². The minimum Gasteiger partial charge on any atom is -0.467 e. The van der Waals surface area contributed by atoms with E-state index in [1.807, 2.05) is 0 Å². The largest absolute Gasteiger partial charge is 0.467 e. The number of furan rings is 1. The van der Waals surface area contributed by atoms with Gasteiger partial charge in [-0.25, -0.2) is 0 Å². The third-order valence-corrected chi connectivity index (χ3v) is 5.67. The summed E-state index contributed by atoms with van der Waals surface area (Å²) in [4.78, 5) is 40.1. The molecule has 5 N–H and O–H groups in total. The van der Waals surface area contributed by atoms with E-state index in [1.165, 1.54) is 54.6 Å². The van der Waals surface area contributed by atoms with E-state index in [4.69, 9.17) is 15.9 Å². The standard InChI is InChI=1S/C25H45N5O4/c1-2-3-4-5-6-7-8-10-15-28-18-24(32)29(16-11-9-14-26)21-25(33)30(20-23(27)31)19-22-13-12-17-34-22/h12-13,17,28H,2-11,14-16,18-21,26H2,1H3,(H2,27,31). The number of amides is 3. The van der Waals surface area contributed by atoms with Crippen LogP contribution >= 0.6 is 0 Å². The molecule has 0 spiro atoms. The SMILES string of the molecule is CCCCCCCCCCNCC(=O)N(CCCCN)CC(=O)N(CC(N)=O)Cc1ccco1. The van der Waals surface area contributed by atoms with E-state index >= 15 is 0 Å². The van der Waals surface area contributed by atoms with Crippen LogP contribution in [0.15, 0.2) is 22.8 Å². The monoisotopic (exact) mass is 479 g/mol. The number of nitrogens with two attached hydrogens (primary N) is 2. The lowest BCUT2D eigenvalue weighted by molar-refractivity contribution is -0.142. The summed E-state index contributed by atoms with van der Waals surface area (Å²) in [6, 6.07) is 3.43. The van der Waals surface area contributed by atoms with Crippen LogP contribution in [0.1, 0.15) is 76.9 Å². The van der Waals surface area contributed by atoms with Crippen LogP contribution in [-0.4, -0.2) is 66.8 Å². The molecule has 0 saturated heterocycles. The topological polar surface area (TPSA) is 135 Å². The van der Waals surface area contributed by atoms with Crippen LogP contribution in [0.4, 0.5) is 0 Å². The van der Waals surface area contributed by atoms with Crippen LogP contribution in [0.3, 0.4) is 0 Å². The first-order chi connectivity index (χ1) is 16.5. The van der Waals surface area contributed by atoms with Gasteiger partial charge in [-0.15, -0.1) is 0 Å². The van der Waals surface area contributed by atoms with E-state index < -0.39 is 5.91 Å². The fourth-order valence-electron chi connectivity index (χ4n) is 3.70. The summed E-state index contributed by atoms with van der Waals surface area (Å²) in [6.07, 6.45) is 12.9. The summed E-state index contributed by atoms with van der Waals surface area (Å²) in [5.41, 5.74) is 10.9. The van der Waals surface area contributed by atoms with Gasteiger partial charge in [-0.2, -0.15) is 0 Å². The number of hydrogen-bond donors (Lipinski definition) is 3. The van der Waals surface area contributed by atoms with E-state index in [0.29, 0.717) is 25.3 Å². The summed E-state index contributed by atoms with van der Waals surface area (Å²) >= 11 is 0. The first kappa shape index (κ1) is 29.6. The molecule has 0 radical (unpaired) electrons. The predicted octanol–water partition coefficient (Wildman–Crippen LogP) is 2.39. The zero-order chi connectivity index (χ0) is 25.0. The maximum atomic E-state index is 12.9. The number of rotatable bonds is 21. The average Bonchev–Trinajstić information content (AvgIpc) is 3.32. The summed E-state index contributed by atoms with van der Waals surface area (Å²) in [7, 11) is 0. The maximum absolute atomic E-state index is 12.9. The molecule has 0 bridgehead atoms. The molecule has 1 heterocycles. The van der Waals surface area contributed by atoms with E-state index in [9.17, 15) is 14.4 Å². The molecular formula is C25H45N5O4. The Morgan fingerprint density at radius 3 is 2.24 bits per heavy atom. The van der Waals surface area contributed by atoms with Gasteiger partial charge in [0.2, 0.25) is 17.7 Å². The van der Waals surface area contributed by atoms with Crippen molar-refractivity contribution in [1.82, 2.24) is 15.1 Å². The fraction of sp³-hybridized carbons (Fsp3) is 0.720. The van der Waals surface area contributed by atoms with Gasteiger partial charge in [-0.1, -0.05) is 51.9 Å². The molecule has 0 aliphatic rings. The molecule has 0 unspecified atom stereocenters. The molecule has 9 nitrogen and oxygen atoms in total. The second-order valence-electron chi connectivity index (χ2n) is 8.76. The number of carbonyl (C=O) groups excluding carboxylic acids is 3. The molecule has 0 atom stereocenters. The van der Waals surface area contributed by atoms with E-state index in [-0.39, 0.29) is 38.0 Å². The molecule has 1 aromatic heterocycles. The van der Waals surface area contributed by atoms with Crippen molar-refractivity contribution < 1.29 is 18.8 Å². The molecule has 0 fully saturated rings. The summed E-state index contributed by atoms with van der Waals surface area (Å²) in [5, 5.41) is 3.21. The Morgan fingerprint density at radius 2 is 1.62 bits per heavy atom. The van der Waals surface area contributed by atoms with E-state index in [0.717, 1.165) is 25.8 Å². The van der Waals surface area contributed by atoms with Gasteiger partial charge in [-0.05, 0) is 44.5 Å². The molecule has 1 rings (SSSR count). The van der Waals surface area contributed by atoms with Crippen molar-refractivity contribution in [2.75, 3.05) is 39.3 Å². The van der Waals surface area contributed by atoms with Crippen molar-refractivity contribution in [3.63, 3.8) is 0 Å². The third-order valence-electron chi connectivity index (χ3n) is 5.67. The Hall–Kier alpha value is -2.39. The van der Waals surface area contributed by atoms with Crippen molar-refractivity contribution in [3.05, 3.63) is 24.2 Å². The highest BCUT2D eigenvalue weighted by Gasteiger charge is 2.23. The van der Waals surface area contributed by atoms with Crippen LogP contribution < -0.4 is 16.8 Å². The highest BCUT2D eigenvalue weighted by Crippen LogP contribution is 2.09. The molecule has 1 aromatic rings. The van der Waals surface area contributed by atoms with Crippen molar-refractivity contribution in [1.29, 1.82) is 0 Å². The number of hydrogen-bond acceptors (Lipinski definition) is 6. The van der Waals surface area contributed by atoms with Gasteiger partial charge >= 0.3 is 0 Å². The lowest BCUT2D eigenvalue weighted by Crippen LogP contribution is -2.47. The van der Waals surface area contributed by atoms with Gasteiger partial charge in [0.25, 0.3) is 0 Å². The quantitative estimate of drug-likeness (QED) is 0.232. The number of nitrogens with zero attached hydrogens (tertiary/aromatic N) is 2. The molecular weight excluding hydrogens is 434 g/mol. The Bertz CT molecular complexity index is 681. The van der Waals surface area contributed by atoms with Crippen LogP contribution in [0.2, 0.25) is 0 Å². The Labute approximate surface area is 204 Å². The van der Waals surface area contributed by atoms with Gasteiger partial charge in [-0.3, -0.25) is 14.4 Å². The highest BCUT2D eigenvalue weighted by molar-refractivity contribution is 5.88. The molecule has 0 aliphatic heterocycles. The molecule has 0 saturated carbocycles. The van der Waals surface area contributed by atoms with Crippen LogP contribution in [-0.2, 0) is 20.9 Å². The summed E-state index contributed by atoms with van der Waals surface area (Å²) in [6.45, 7) is 3.91. The molecule has 3 amide bonds. The van der Waals surface area contributed by atoms with Crippen LogP contribution in [0.25, 0.3) is 0 Å². The normalized spacial score (nSPS) is 10.9. The lowest BCUT2D eigenvalue weighted by Gasteiger charge is -2.27. The van der Waals surface area contributed by atoms with Gasteiger partial charge in [0, 0.05) is 6.54 Å². The average molecular weight is 480 g/mol. The lowest BCUT2D eigenvalue weighted by atomic mass is 10.1. The zero-order valence-corrected chi connectivity index (χ0v) is 20.9. The molecule has 0 aliphatic carbocycles. The molecule has 194 valence electrons. The molecule has 9 heteroatoms. The number of carbonyl (C=O) groups is 3. The van der Waals surface area contributed by atoms with E-state index in [2.05, 4.69) is 12.2 Å².